The van der Waals surface area contributed by atoms with Gasteiger partial charge in [0.15, 0.2) is 0 Å². The van der Waals surface area contributed by atoms with Crippen molar-refractivity contribution >= 4 is 29.0 Å². The Hall–Kier alpha value is 2.08. The molecule has 0 aliphatic carbocycles. The van der Waals surface area contributed by atoms with E-state index in [4.69, 9.17) is 0 Å². The first-order chi connectivity index (χ1) is 1.73. The maximum Gasteiger partial charge on any atom is 1.00 e. The second-order valence-electron chi connectivity index (χ2n) is 0.519. The van der Waals surface area contributed by atoms with Crippen LogP contribution >= 0.6 is 24.8 Å². The minimum Gasteiger partial charge on any atom is -1.00 e. The zero-order valence-electron chi connectivity index (χ0n) is 4.36. The van der Waals surface area contributed by atoms with Gasteiger partial charge in [-0.1, -0.05) is 12.2 Å². The van der Waals surface area contributed by atoms with Gasteiger partial charge in [-0.3, -0.25) is 0 Å². The molecule has 0 rings (SSSR count). The second-order valence-corrected chi connectivity index (χ2v) is 2.10. The van der Waals surface area contributed by atoms with Crippen molar-refractivity contribution in [3.8, 4) is 0 Å². The summed E-state index contributed by atoms with van der Waals surface area (Å²) in [7, 11) is 0. The first kappa shape index (κ1) is 10.1. The van der Waals surface area contributed by atoms with Crippen LogP contribution in [0.4, 0.5) is 0 Å². The van der Waals surface area contributed by atoms with Crippen molar-refractivity contribution in [2.24, 2.45) is 0 Å². The van der Waals surface area contributed by atoms with Crippen LogP contribution in [-0.2, 0) is 0 Å². The summed E-state index contributed by atoms with van der Waals surface area (Å²) in [6.45, 7) is 1.76. The molecule has 0 spiro atoms. The van der Waals surface area contributed by atoms with E-state index in [1.807, 2.05) is 0 Å². The van der Waals surface area contributed by atoms with Gasteiger partial charge in [-0.05, 0) is 6.92 Å². The molecule has 0 radical (unpaired) electrons. The van der Waals surface area contributed by atoms with E-state index in [1.165, 1.54) is 0 Å². The van der Waals surface area contributed by atoms with E-state index in [2.05, 4.69) is 24.8 Å². The molecule has 3 heteroatoms. The summed E-state index contributed by atoms with van der Waals surface area (Å²) in [5, 5.41) is 0. The van der Waals surface area contributed by atoms with E-state index < -0.39 is 0 Å². The van der Waals surface area contributed by atoms with Crippen LogP contribution in [0.3, 0.4) is 0 Å². The Bertz CT molecular complexity index is 34.5. The van der Waals surface area contributed by atoms with Gasteiger partial charge in [-0.15, -0.1) is 12.6 Å². The van der Waals surface area contributed by atoms with Crippen LogP contribution in [0.1, 0.15) is 8.35 Å². The number of hydrogen-bond donors (Lipinski definition) is 1. The molecule has 0 aromatic heterocycles. The van der Waals surface area contributed by atoms with Crippen molar-refractivity contribution in [2.45, 2.75) is 6.92 Å². The molecule has 0 unspecified atom stereocenters. The minimum atomic E-state index is 0. The zero-order chi connectivity index (χ0) is 3.58. The molecule has 0 bridgehead atoms. The summed E-state index contributed by atoms with van der Waals surface area (Å²) in [5.74, 6) is 0. The predicted molar refractivity (Wildman–Crippen MR) is 28.4 cm³/mol. The monoisotopic (exact) mass is 132 g/mol. The van der Waals surface area contributed by atoms with Crippen LogP contribution in [-0.4, -0.2) is 4.20 Å². The van der Waals surface area contributed by atoms with E-state index in [-0.39, 0.29) is 52.8 Å². The van der Waals surface area contributed by atoms with Gasteiger partial charge >= 0.3 is 51.4 Å². The Labute approximate surface area is 87.0 Å². The smallest absolute Gasteiger partial charge is 1.00 e. The summed E-state index contributed by atoms with van der Waals surface area (Å²) < 4.78 is 0.694. The van der Waals surface area contributed by atoms with E-state index in [1.54, 1.807) is 6.92 Å². The van der Waals surface area contributed by atoms with E-state index >= 15 is 0 Å². The van der Waals surface area contributed by atoms with Gasteiger partial charge in [0.05, 0.1) is 0 Å². The van der Waals surface area contributed by atoms with Crippen LogP contribution in [0.25, 0.3) is 0 Å². The standard InChI is InChI=1S/C2H4S2.K.H/c1-2(3)4;;/h1H3,(H,3,4);;/q;+1;-1. The number of thiol groups is 1. The molecule has 0 saturated carbocycles. The van der Waals surface area contributed by atoms with Crippen molar-refractivity contribution in [1.29, 1.82) is 0 Å². The van der Waals surface area contributed by atoms with Crippen molar-refractivity contribution in [3.05, 3.63) is 0 Å². The summed E-state index contributed by atoms with van der Waals surface area (Å²) in [6, 6.07) is 0. The number of thiocarbonyl (C=S) groups is 1. The van der Waals surface area contributed by atoms with Crippen LogP contribution in [0, 0.1) is 0 Å². The molecule has 0 heterocycles. The van der Waals surface area contributed by atoms with Crippen LogP contribution in [0.2, 0.25) is 0 Å². The number of hydrogen-bond acceptors (Lipinski definition) is 1. The molecule has 0 aliphatic rings. The van der Waals surface area contributed by atoms with Gasteiger partial charge in [-0.25, -0.2) is 0 Å². The summed E-state index contributed by atoms with van der Waals surface area (Å²) in [5.41, 5.74) is 0. The quantitative estimate of drug-likeness (QED) is 0.235. The van der Waals surface area contributed by atoms with E-state index in [0.29, 0.717) is 4.20 Å². The van der Waals surface area contributed by atoms with Crippen molar-refractivity contribution in [2.75, 3.05) is 0 Å². The van der Waals surface area contributed by atoms with Gasteiger partial charge < -0.3 is 1.43 Å². The second kappa shape index (κ2) is 6.08. The van der Waals surface area contributed by atoms with Crippen LogP contribution in [0.5, 0.6) is 0 Å². The number of rotatable bonds is 0. The molecule has 0 fully saturated rings. The molecule has 0 N–H and O–H groups in total. The summed E-state index contributed by atoms with van der Waals surface area (Å²) >= 11 is 8.10. The molecule has 0 nitrogen and oxygen atoms in total. The normalized spacial score (nSPS) is 5.20. The average molecular weight is 132 g/mol. The molecule has 0 aromatic carbocycles. The van der Waals surface area contributed by atoms with Crippen LogP contribution in [0.15, 0.2) is 0 Å². The SMILES string of the molecule is CC(=S)S.[H-].[K+]. The van der Waals surface area contributed by atoms with E-state index in [9.17, 15) is 0 Å². The van der Waals surface area contributed by atoms with Gasteiger partial charge in [0.1, 0.15) is 0 Å². The Kier molecular flexibility index (Phi) is 12.3. The fourth-order valence-electron chi connectivity index (χ4n) is 0. The fraction of sp³-hybridized carbons (Fsp3) is 0.500. The summed E-state index contributed by atoms with van der Waals surface area (Å²) in [4.78, 5) is 0. The zero-order valence-corrected chi connectivity index (χ0v) is 8.19. The summed E-state index contributed by atoms with van der Waals surface area (Å²) in [6.07, 6.45) is 0. The molecular formula is C2H5KS2. The molecule has 0 saturated heterocycles. The van der Waals surface area contributed by atoms with Crippen molar-refractivity contribution in [3.63, 3.8) is 0 Å². The van der Waals surface area contributed by atoms with Crippen molar-refractivity contribution in [1.82, 2.24) is 0 Å². The predicted octanol–water partition coefficient (Wildman–Crippen LogP) is -1.62. The Morgan fingerprint density at radius 3 is 2.00 bits per heavy atom. The first-order valence-corrected chi connectivity index (χ1v) is 1.78. The molecular weight excluding hydrogens is 127 g/mol. The molecule has 0 atom stereocenters. The van der Waals surface area contributed by atoms with Crippen molar-refractivity contribution < 1.29 is 52.8 Å². The third-order valence-corrected chi connectivity index (χ3v) is 0. The molecule has 0 amide bonds. The van der Waals surface area contributed by atoms with Gasteiger partial charge in [-0.2, -0.15) is 0 Å². The van der Waals surface area contributed by atoms with Gasteiger partial charge in [0.2, 0.25) is 0 Å². The Morgan fingerprint density at radius 2 is 2.00 bits per heavy atom. The molecule has 0 aromatic rings. The maximum absolute atomic E-state index is 4.40. The average Bonchev–Trinajstić information content (AvgIpc) is 0.811. The maximum atomic E-state index is 4.40. The van der Waals surface area contributed by atoms with Gasteiger partial charge in [0.25, 0.3) is 0 Å². The molecule has 5 heavy (non-hydrogen) atoms. The van der Waals surface area contributed by atoms with Crippen LogP contribution < -0.4 is 51.4 Å². The largest absolute Gasteiger partial charge is 1.00 e. The minimum absolute atomic E-state index is 0. The Morgan fingerprint density at radius 1 is 2.00 bits per heavy atom. The fourth-order valence-corrected chi connectivity index (χ4v) is 0. The first-order valence-electron chi connectivity index (χ1n) is 0.928. The Balaban J connectivity index is -0.0000000450. The topological polar surface area (TPSA) is 0 Å². The third kappa shape index (κ3) is 23.4. The van der Waals surface area contributed by atoms with Gasteiger partial charge in [0, 0.05) is 4.20 Å². The molecule has 0 aliphatic heterocycles. The third-order valence-electron chi connectivity index (χ3n) is 0. The molecule has 26 valence electrons. The van der Waals surface area contributed by atoms with E-state index in [0.717, 1.165) is 0 Å².